The molecule has 1 atom stereocenters. The van der Waals surface area contributed by atoms with E-state index in [1.165, 1.54) is 148 Å². The van der Waals surface area contributed by atoms with Gasteiger partial charge in [0, 0.05) is 0 Å². The smallest absolute Gasteiger partial charge is 0.332 e. The fourth-order valence-electron chi connectivity index (χ4n) is 7.18. The number of phenols is 1. The molecule has 0 spiro atoms. The van der Waals surface area contributed by atoms with Gasteiger partial charge in [0.2, 0.25) is 0 Å². The van der Waals surface area contributed by atoms with Crippen LogP contribution in [0, 0.1) is 0 Å². The Morgan fingerprint density at radius 1 is 0.500 bits per heavy atom. The van der Waals surface area contributed by atoms with Crippen molar-refractivity contribution < 1.29 is 19.5 Å². The van der Waals surface area contributed by atoms with E-state index in [9.17, 15) is 19.5 Å². The third-order valence-corrected chi connectivity index (χ3v) is 11.7. The molecule has 3 N–H and O–H groups in total. The van der Waals surface area contributed by atoms with Crippen LogP contribution < -0.4 is 0 Å². The second kappa shape index (κ2) is 25.2. The predicted octanol–water partition coefficient (Wildman–Crippen LogP) is 14.8. The molecule has 0 aliphatic rings. The summed E-state index contributed by atoms with van der Waals surface area (Å²) in [6.45, 7) is 14.5. The molecular weight excluding hydrogens is 611 g/mol. The number of aromatic hydroxyl groups is 1. The van der Waals surface area contributed by atoms with Crippen LogP contribution in [0.3, 0.4) is 0 Å². The summed E-state index contributed by atoms with van der Waals surface area (Å²) in [7, 11) is -4.34. The van der Waals surface area contributed by atoms with Gasteiger partial charge in [-0.2, -0.15) is 0 Å². The highest BCUT2D eigenvalue weighted by molar-refractivity contribution is 7.52. The zero-order chi connectivity index (χ0) is 35.9. The summed E-state index contributed by atoms with van der Waals surface area (Å²) in [6, 6.07) is 3.68. The van der Waals surface area contributed by atoms with Gasteiger partial charge in [0.25, 0.3) is 0 Å². The van der Waals surface area contributed by atoms with Crippen LogP contribution in [-0.2, 0) is 15.4 Å². The molecule has 0 aliphatic carbocycles. The molecule has 1 rings (SSSR count). The van der Waals surface area contributed by atoms with Crippen LogP contribution in [0.1, 0.15) is 244 Å². The Kier molecular flexibility index (Phi) is 23.7. The molecule has 0 fully saturated rings. The number of hydrogen-bond donors (Lipinski definition) is 3. The molecule has 0 aliphatic heterocycles. The lowest BCUT2D eigenvalue weighted by Crippen LogP contribution is -2.18. The summed E-state index contributed by atoms with van der Waals surface area (Å²) >= 11 is 0. The maximum atomic E-state index is 12.6. The SMILES string of the molecule is CCCCCCCCCCCCCCCCCCCCCCCCCCCCC(c1cc(C(C)(C)C)c(O)c(C(C)(C)C)c1)P(=O)(O)O. The minimum atomic E-state index is -4.34. The third-order valence-electron chi connectivity index (χ3n) is 10.4. The minimum Gasteiger partial charge on any atom is -0.507 e. The zero-order valence-electron chi connectivity index (χ0n) is 33.0. The molecule has 0 heterocycles. The molecule has 48 heavy (non-hydrogen) atoms. The van der Waals surface area contributed by atoms with Crippen molar-refractivity contribution in [1.29, 1.82) is 0 Å². The van der Waals surface area contributed by atoms with E-state index in [4.69, 9.17) is 0 Å². The van der Waals surface area contributed by atoms with Crippen LogP contribution in [-0.4, -0.2) is 14.9 Å². The number of benzene rings is 1. The monoisotopic (exact) mass is 693 g/mol. The Bertz CT molecular complexity index is 948. The number of unbranched alkanes of at least 4 members (excludes halogenated alkanes) is 25. The van der Waals surface area contributed by atoms with Gasteiger partial charge in [0.05, 0.1) is 5.66 Å². The highest BCUT2D eigenvalue weighted by atomic mass is 31.2. The van der Waals surface area contributed by atoms with Gasteiger partial charge in [-0.25, -0.2) is 0 Å². The van der Waals surface area contributed by atoms with Crippen molar-refractivity contribution in [3.05, 3.63) is 28.8 Å². The summed E-state index contributed by atoms with van der Waals surface area (Å²) in [6.07, 6.45) is 35.7. The average molecular weight is 693 g/mol. The Morgan fingerprint density at radius 3 is 0.979 bits per heavy atom. The van der Waals surface area contributed by atoms with Gasteiger partial charge in [-0.1, -0.05) is 228 Å². The van der Waals surface area contributed by atoms with Gasteiger partial charge in [0.1, 0.15) is 5.75 Å². The number of phenolic OH excluding ortho intramolecular Hbond substituents is 1. The van der Waals surface area contributed by atoms with Crippen molar-refractivity contribution in [2.45, 2.75) is 238 Å². The predicted molar refractivity (Wildman–Crippen MR) is 211 cm³/mol. The minimum absolute atomic E-state index is 0.253. The third kappa shape index (κ3) is 20.7. The summed E-state index contributed by atoms with van der Waals surface area (Å²) in [5, 5.41) is 11.1. The second-order valence-corrected chi connectivity index (χ2v) is 19.0. The van der Waals surface area contributed by atoms with E-state index in [1.807, 2.05) is 53.7 Å². The summed E-state index contributed by atoms with van der Waals surface area (Å²) in [4.78, 5) is 20.7. The van der Waals surface area contributed by atoms with Crippen LogP contribution in [0.4, 0.5) is 0 Å². The van der Waals surface area contributed by atoms with Crippen molar-refractivity contribution in [2.75, 3.05) is 0 Å². The lowest BCUT2D eigenvalue weighted by molar-refractivity contribution is 0.352. The Hall–Kier alpha value is -0.830. The maximum Gasteiger partial charge on any atom is 0.332 e. The van der Waals surface area contributed by atoms with Crippen LogP contribution in [0.25, 0.3) is 0 Å². The molecule has 1 unspecified atom stereocenters. The van der Waals surface area contributed by atoms with E-state index < -0.39 is 13.3 Å². The quantitative estimate of drug-likeness (QED) is 0.0577. The zero-order valence-corrected chi connectivity index (χ0v) is 33.9. The van der Waals surface area contributed by atoms with Crippen LogP contribution in [0.5, 0.6) is 5.75 Å². The lowest BCUT2D eigenvalue weighted by Gasteiger charge is -2.30. The number of rotatable bonds is 29. The fourth-order valence-corrected chi connectivity index (χ4v) is 8.23. The van der Waals surface area contributed by atoms with Crippen molar-refractivity contribution in [3.8, 4) is 5.75 Å². The maximum absolute atomic E-state index is 12.6. The highest BCUT2D eigenvalue weighted by Crippen LogP contribution is 2.56. The van der Waals surface area contributed by atoms with Crippen LogP contribution in [0.15, 0.2) is 12.1 Å². The molecule has 4 nitrogen and oxygen atoms in total. The van der Waals surface area contributed by atoms with Gasteiger partial charge < -0.3 is 14.9 Å². The first-order valence-electron chi connectivity index (χ1n) is 20.6. The van der Waals surface area contributed by atoms with E-state index >= 15 is 0 Å². The second-order valence-electron chi connectivity index (χ2n) is 17.2. The molecule has 0 saturated carbocycles. The molecule has 0 bridgehead atoms. The van der Waals surface area contributed by atoms with E-state index in [0.29, 0.717) is 12.0 Å². The normalized spacial score (nSPS) is 13.4. The summed E-state index contributed by atoms with van der Waals surface area (Å²) in [5.74, 6) is 0.253. The van der Waals surface area contributed by atoms with Crippen LogP contribution in [0.2, 0.25) is 0 Å². The highest BCUT2D eigenvalue weighted by Gasteiger charge is 2.34. The van der Waals surface area contributed by atoms with Crippen LogP contribution >= 0.6 is 7.60 Å². The Morgan fingerprint density at radius 2 is 0.750 bits per heavy atom. The van der Waals surface area contributed by atoms with E-state index in [1.54, 1.807) is 0 Å². The van der Waals surface area contributed by atoms with E-state index in [-0.39, 0.29) is 16.6 Å². The average Bonchev–Trinajstić information content (AvgIpc) is 2.99. The first-order valence-corrected chi connectivity index (χ1v) is 22.3. The Labute approximate surface area is 299 Å². The topological polar surface area (TPSA) is 77.8 Å². The van der Waals surface area contributed by atoms with Gasteiger partial charge >= 0.3 is 7.60 Å². The van der Waals surface area contributed by atoms with Crippen molar-refractivity contribution in [2.24, 2.45) is 0 Å². The van der Waals surface area contributed by atoms with E-state index in [0.717, 1.165) is 30.4 Å². The molecule has 5 heteroatoms. The van der Waals surface area contributed by atoms with Gasteiger partial charge in [-0.05, 0) is 33.9 Å². The van der Waals surface area contributed by atoms with Gasteiger partial charge in [-0.15, -0.1) is 0 Å². The molecule has 0 amide bonds. The van der Waals surface area contributed by atoms with Gasteiger partial charge in [-0.3, -0.25) is 4.57 Å². The Balaban J connectivity index is 2.11. The molecule has 0 aromatic heterocycles. The molecule has 0 saturated heterocycles. The first kappa shape index (κ1) is 45.2. The molecule has 1 aromatic rings. The molecule has 0 radical (unpaired) electrons. The standard InChI is InChI=1S/C43H81O4P/c1-8-9-10-11-12-13-14-15-16-17-18-19-20-21-22-23-24-25-26-27-28-29-30-31-32-33-34-40(48(45,46)47)37-35-38(42(2,3)4)41(44)39(36-37)43(5,6)7/h35-36,40,44H,8-34H2,1-7H3,(H2,45,46,47). The summed E-state index contributed by atoms with van der Waals surface area (Å²) in [5.41, 5.74) is 0.697. The molecule has 1 aromatic carbocycles. The van der Waals surface area contributed by atoms with Gasteiger partial charge in [0.15, 0.2) is 0 Å². The van der Waals surface area contributed by atoms with Crippen molar-refractivity contribution in [1.82, 2.24) is 0 Å². The van der Waals surface area contributed by atoms with E-state index in [2.05, 4.69) is 6.92 Å². The lowest BCUT2D eigenvalue weighted by atomic mass is 9.78. The molecular formula is C43H81O4P. The fraction of sp³-hybridized carbons (Fsp3) is 0.860. The van der Waals surface area contributed by atoms with Crippen molar-refractivity contribution >= 4 is 7.60 Å². The largest absolute Gasteiger partial charge is 0.507 e. The number of hydrogen-bond acceptors (Lipinski definition) is 2. The molecule has 282 valence electrons. The summed E-state index contributed by atoms with van der Waals surface area (Å²) < 4.78 is 12.6. The first-order chi connectivity index (χ1) is 22.7. The van der Waals surface area contributed by atoms with Crippen molar-refractivity contribution in [3.63, 3.8) is 0 Å².